The molecule has 0 fully saturated rings. The average Bonchev–Trinajstić information content (AvgIpc) is 2.89. The van der Waals surface area contributed by atoms with E-state index in [1.807, 2.05) is 6.92 Å². The van der Waals surface area contributed by atoms with E-state index in [4.69, 9.17) is 4.74 Å². The molecule has 0 saturated carbocycles. The Kier molecular flexibility index (Phi) is 4.49. The van der Waals surface area contributed by atoms with Crippen LogP contribution in [0.5, 0.6) is 5.75 Å². The largest absolute Gasteiger partial charge is 0.490 e. The lowest BCUT2D eigenvalue weighted by Gasteiger charge is -2.05. The van der Waals surface area contributed by atoms with Gasteiger partial charge in [0.15, 0.2) is 5.75 Å². The average molecular weight is 307 g/mol. The van der Waals surface area contributed by atoms with Gasteiger partial charge in [-0.3, -0.25) is 14.9 Å². The highest BCUT2D eigenvalue weighted by Crippen LogP contribution is 2.27. The molecule has 1 heterocycles. The number of nitrogens with one attached hydrogen (secondary N) is 1. The Morgan fingerprint density at radius 3 is 2.86 bits per heavy atom. The number of carbonyl (C=O) groups is 1. The number of rotatable bonds is 5. The molecule has 110 valence electrons. The number of methoxy groups -OCH3 is 1. The number of nitro groups is 1. The third-order valence-corrected chi connectivity index (χ3v) is 3.64. The molecule has 0 atom stereocenters. The van der Waals surface area contributed by atoms with Crippen LogP contribution in [0, 0.1) is 17.0 Å². The molecule has 0 saturated heterocycles. The molecule has 0 radical (unpaired) electrons. The second kappa shape index (κ2) is 6.31. The Morgan fingerprint density at radius 1 is 1.52 bits per heavy atom. The summed E-state index contributed by atoms with van der Waals surface area (Å²) < 4.78 is 4.89. The van der Waals surface area contributed by atoms with Crippen LogP contribution in [0.2, 0.25) is 0 Å². The Hall–Kier alpha value is -2.48. The fraction of sp³-hybridized carbons (Fsp3) is 0.231. The number of ether oxygens (including phenoxy) is 1. The molecule has 1 amide bonds. The monoisotopic (exact) mass is 307 g/mol. The summed E-state index contributed by atoms with van der Waals surface area (Å²) in [4.78, 5) is 27.4. The number of nitro benzene ring substituents is 1. The summed E-state index contributed by atoms with van der Waals surface area (Å²) in [7, 11) is 1.34. The minimum atomic E-state index is -0.581. The second-order valence-corrected chi connectivity index (χ2v) is 5.49. The zero-order chi connectivity index (χ0) is 15.4. The summed E-state index contributed by atoms with van der Waals surface area (Å²) in [6, 6.07) is 4.09. The maximum atomic E-state index is 12.0. The van der Waals surface area contributed by atoms with Crippen LogP contribution in [0.25, 0.3) is 0 Å². The van der Waals surface area contributed by atoms with Crippen LogP contribution in [0.15, 0.2) is 24.4 Å². The first-order valence-corrected chi connectivity index (χ1v) is 6.85. The lowest BCUT2D eigenvalue weighted by Crippen LogP contribution is -2.22. The van der Waals surface area contributed by atoms with E-state index >= 15 is 0 Å². The lowest BCUT2D eigenvalue weighted by molar-refractivity contribution is -0.385. The van der Waals surface area contributed by atoms with Gasteiger partial charge in [-0.15, -0.1) is 11.3 Å². The SMILES string of the molecule is COc1ccc(C(=O)NCc2cnc(C)s2)cc1[N+](=O)[O-]. The van der Waals surface area contributed by atoms with Crippen LogP contribution in [-0.4, -0.2) is 22.9 Å². The summed E-state index contributed by atoms with van der Waals surface area (Å²) in [5.41, 5.74) is -0.0254. The maximum Gasteiger partial charge on any atom is 0.311 e. The van der Waals surface area contributed by atoms with Crippen molar-refractivity contribution >= 4 is 22.9 Å². The van der Waals surface area contributed by atoms with Gasteiger partial charge in [-0.2, -0.15) is 0 Å². The Labute approximate surface area is 124 Å². The molecule has 2 aromatic rings. The molecule has 0 spiro atoms. The first-order valence-electron chi connectivity index (χ1n) is 6.03. The summed E-state index contributed by atoms with van der Waals surface area (Å²) >= 11 is 1.48. The van der Waals surface area contributed by atoms with Crippen molar-refractivity contribution in [3.05, 3.63) is 50.0 Å². The summed E-state index contributed by atoms with van der Waals surface area (Å²) in [6.45, 7) is 2.22. The van der Waals surface area contributed by atoms with Gasteiger partial charge in [-0.1, -0.05) is 0 Å². The normalized spacial score (nSPS) is 10.2. The van der Waals surface area contributed by atoms with Gasteiger partial charge in [0.2, 0.25) is 0 Å². The van der Waals surface area contributed by atoms with E-state index in [9.17, 15) is 14.9 Å². The highest BCUT2D eigenvalue weighted by Gasteiger charge is 2.18. The molecular formula is C13H13N3O4S. The summed E-state index contributed by atoms with van der Waals surface area (Å²) in [5, 5.41) is 14.5. The molecule has 0 aliphatic heterocycles. The molecule has 0 aliphatic rings. The number of aromatic nitrogens is 1. The molecule has 1 N–H and O–H groups in total. The van der Waals surface area contributed by atoms with Crippen LogP contribution in [0.1, 0.15) is 20.2 Å². The van der Waals surface area contributed by atoms with Crippen LogP contribution in [0.3, 0.4) is 0 Å². The number of thiazole rings is 1. The zero-order valence-electron chi connectivity index (χ0n) is 11.5. The molecule has 21 heavy (non-hydrogen) atoms. The van der Waals surface area contributed by atoms with E-state index in [1.165, 1.54) is 36.6 Å². The predicted octanol–water partition coefficient (Wildman–Crippen LogP) is 2.30. The minimum Gasteiger partial charge on any atom is -0.490 e. The highest BCUT2D eigenvalue weighted by atomic mass is 32.1. The van der Waals surface area contributed by atoms with Crippen molar-refractivity contribution in [1.29, 1.82) is 0 Å². The Balaban J connectivity index is 2.12. The van der Waals surface area contributed by atoms with Crippen molar-refractivity contribution in [2.24, 2.45) is 0 Å². The smallest absolute Gasteiger partial charge is 0.311 e. The third-order valence-electron chi connectivity index (χ3n) is 2.73. The number of carbonyl (C=O) groups excluding carboxylic acids is 1. The van der Waals surface area contributed by atoms with Gasteiger partial charge in [-0.05, 0) is 19.1 Å². The van der Waals surface area contributed by atoms with E-state index in [0.29, 0.717) is 6.54 Å². The van der Waals surface area contributed by atoms with E-state index in [-0.39, 0.29) is 22.9 Å². The molecule has 8 heteroatoms. The van der Waals surface area contributed by atoms with Gasteiger partial charge in [0, 0.05) is 22.7 Å². The lowest BCUT2D eigenvalue weighted by atomic mass is 10.1. The maximum absolute atomic E-state index is 12.0. The first-order chi connectivity index (χ1) is 10.0. The topological polar surface area (TPSA) is 94.4 Å². The van der Waals surface area contributed by atoms with Crippen LogP contribution >= 0.6 is 11.3 Å². The van der Waals surface area contributed by atoms with Gasteiger partial charge in [0.25, 0.3) is 5.91 Å². The minimum absolute atomic E-state index is 0.120. The quantitative estimate of drug-likeness (QED) is 0.675. The number of benzene rings is 1. The van der Waals surface area contributed by atoms with Crippen LogP contribution < -0.4 is 10.1 Å². The van der Waals surface area contributed by atoms with Crippen molar-refractivity contribution < 1.29 is 14.5 Å². The third kappa shape index (κ3) is 3.54. The van der Waals surface area contributed by atoms with Crippen LogP contribution in [0.4, 0.5) is 5.69 Å². The second-order valence-electron chi connectivity index (χ2n) is 4.17. The molecule has 0 unspecified atom stereocenters. The highest BCUT2D eigenvalue weighted by molar-refractivity contribution is 7.11. The van der Waals surface area contributed by atoms with Crippen molar-refractivity contribution in [2.75, 3.05) is 7.11 Å². The summed E-state index contributed by atoms with van der Waals surface area (Å²) in [6.07, 6.45) is 1.69. The van der Waals surface area contributed by atoms with E-state index in [2.05, 4.69) is 10.3 Å². The Morgan fingerprint density at radius 2 is 2.29 bits per heavy atom. The molecule has 0 bridgehead atoms. The van der Waals surface area contributed by atoms with Gasteiger partial charge < -0.3 is 10.1 Å². The van der Waals surface area contributed by atoms with Crippen molar-refractivity contribution in [1.82, 2.24) is 10.3 Å². The zero-order valence-corrected chi connectivity index (χ0v) is 12.3. The number of nitrogens with zero attached hydrogens (tertiary/aromatic N) is 2. The van der Waals surface area contributed by atoms with Crippen LogP contribution in [-0.2, 0) is 6.54 Å². The number of hydrogen-bond acceptors (Lipinski definition) is 6. The van der Waals surface area contributed by atoms with Gasteiger partial charge in [0.05, 0.1) is 23.6 Å². The standard InChI is InChI=1S/C13H13N3O4S/c1-8-14-6-10(21-8)7-15-13(17)9-3-4-12(20-2)11(5-9)16(18)19/h3-6H,7H2,1-2H3,(H,15,17). The van der Waals surface area contributed by atoms with Crippen molar-refractivity contribution in [3.8, 4) is 5.75 Å². The Bertz CT molecular complexity index is 684. The molecule has 0 aliphatic carbocycles. The fourth-order valence-corrected chi connectivity index (χ4v) is 2.47. The molecule has 2 rings (SSSR count). The number of aryl methyl sites for hydroxylation is 1. The first kappa shape index (κ1) is 14.9. The molecule has 1 aromatic carbocycles. The number of amides is 1. The van der Waals surface area contributed by atoms with Gasteiger partial charge in [-0.25, -0.2) is 4.98 Å². The van der Waals surface area contributed by atoms with E-state index in [1.54, 1.807) is 6.20 Å². The van der Waals surface area contributed by atoms with Gasteiger partial charge in [0.1, 0.15) is 0 Å². The fourth-order valence-electron chi connectivity index (χ4n) is 1.73. The molecular weight excluding hydrogens is 294 g/mol. The van der Waals surface area contributed by atoms with Crippen molar-refractivity contribution in [2.45, 2.75) is 13.5 Å². The van der Waals surface area contributed by atoms with Gasteiger partial charge >= 0.3 is 5.69 Å². The van der Waals surface area contributed by atoms with E-state index < -0.39 is 4.92 Å². The van der Waals surface area contributed by atoms with Crippen molar-refractivity contribution in [3.63, 3.8) is 0 Å². The van der Waals surface area contributed by atoms with E-state index in [0.717, 1.165) is 9.88 Å². The molecule has 7 nitrogen and oxygen atoms in total. The molecule has 1 aromatic heterocycles. The summed E-state index contributed by atoms with van der Waals surface area (Å²) in [5.74, 6) is -0.263. The number of hydrogen-bond donors (Lipinski definition) is 1. The predicted molar refractivity (Wildman–Crippen MR) is 77.7 cm³/mol.